The SMILES string of the molecule is Cc1c(CC2C(N3CCOCC3)=CC=CC2C)cccc1C(F)(F)F. The van der Waals surface area contributed by atoms with Gasteiger partial charge in [0.2, 0.25) is 0 Å². The fourth-order valence-electron chi connectivity index (χ4n) is 3.76. The molecule has 2 atom stereocenters. The molecule has 136 valence electrons. The number of hydrogen-bond donors (Lipinski definition) is 0. The summed E-state index contributed by atoms with van der Waals surface area (Å²) in [5.41, 5.74) is 1.82. The summed E-state index contributed by atoms with van der Waals surface area (Å²) in [5, 5.41) is 0. The fourth-order valence-corrected chi connectivity index (χ4v) is 3.76. The first-order valence-electron chi connectivity index (χ1n) is 8.74. The van der Waals surface area contributed by atoms with E-state index in [-0.39, 0.29) is 11.8 Å². The Labute approximate surface area is 147 Å². The van der Waals surface area contributed by atoms with Crippen molar-refractivity contribution >= 4 is 0 Å². The summed E-state index contributed by atoms with van der Waals surface area (Å²) in [6.07, 6.45) is 2.62. The van der Waals surface area contributed by atoms with Gasteiger partial charge in [-0.05, 0) is 42.5 Å². The van der Waals surface area contributed by atoms with Gasteiger partial charge in [0.15, 0.2) is 0 Å². The lowest BCUT2D eigenvalue weighted by molar-refractivity contribution is -0.138. The van der Waals surface area contributed by atoms with Gasteiger partial charge in [0, 0.05) is 24.7 Å². The van der Waals surface area contributed by atoms with E-state index in [1.165, 1.54) is 17.8 Å². The van der Waals surface area contributed by atoms with Crippen LogP contribution in [0.2, 0.25) is 0 Å². The fraction of sp³-hybridized carbons (Fsp3) is 0.500. The zero-order chi connectivity index (χ0) is 18.0. The molecule has 0 N–H and O–H groups in total. The molecule has 5 heteroatoms. The Balaban J connectivity index is 1.87. The molecule has 1 aliphatic heterocycles. The van der Waals surface area contributed by atoms with Crippen LogP contribution in [0.3, 0.4) is 0 Å². The largest absolute Gasteiger partial charge is 0.416 e. The number of allylic oxidation sites excluding steroid dienone is 4. The summed E-state index contributed by atoms with van der Waals surface area (Å²) in [7, 11) is 0. The van der Waals surface area contributed by atoms with Crippen LogP contribution in [0, 0.1) is 18.8 Å². The number of nitrogens with zero attached hydrogens (tertiary/aromatic N) is 1. The number of rotatable bonds is 3. The molecule has 0 saturated carbocycles. The number of ether oxygens (including phenoxy) is 1. The zero-order valence-corrected chi connectivity index (χ0v) is 14.6. The molecule has 1 heterocycles. The number of benzene rings is 1. The Morgan fingerprint density at radius 3 is 2.60 bits per heavy atom. The Morgan fingerprint density at radius 1 is 1.20 bits per heavy atom. The van der Waals surface area contributed by atoms with Crippen LogP contribution in [0.5, 0.6) is 0 Å². The maximum absolute atomic E-state index is 13.2. The first-order valence-corrected chi connectivity index (χ1v) is 8.74. The second-order valence-corrected chi connectivity index (χ2v) is 6.83. The van der Waals surface area contributed by atoms with Crippen molar-refractivity contribution < 1.29 is 17.9 Å². The van der Waals surface area contributed by atoms with Gasteiger partial charge in [-0.15, -0.1) is 0 Å². The van der Waals surface area contributed by atoms with E-state index in [0.717, 1.165) is 18.7 Å². The van der Waals surface area contributed by atoms with Gasteiger partial charge in [-0.2, -0.15) is 13.2 Å². The second kappa shape index (κ2) is 7.24. The maximum Gasteiger partial charge on any atom is 0.416 e. The van der Waals surface area contributed by atoms with Crippen molar-refractivity contribution in [3.05, 3.63) is 58.8 Å². The standard InChI is InChI=1S/C20H24F3NO/c1-14-5-3-8-19(24-9-11-25-12-10-24)17(14)13-16-6-4-7-18(15(16)2)20(21,22)23/h3-8,14,17H,9-13H2,1-2H3. The molecular formula is C20H24F3NO. The molecule has 1 fully saturated rings. The van der Waals surface area contributed by atoms with Crippen LogP contribution in [-0.2, 0) is 17.3 Å². The van der Waals surface area contributed by atoms with Crippen LogP contribution in [0.4, 0.5) is 13.2 Å². The summed E-state index contributed by atoms with van der Waals surface area (Å²) >= 11 is 0. The number of alkyl halides is 3. The van der Waals surface area contributed by atoms with Gasteiger partial charge in [0.05, 0.1) is 18.8 Å². The average molecular weight is 351 g/mol. The quantitative estimate of drug-likeness (QED) is 0.789. The Bertz CT molecular complexity index is 672. The summed E-state index contributed by atoms with van der Waals surface area (Å²) in [5.74, 6) is 0.474. The van der Waals surface area contributed by atoms with E-state index in [2.05, 4.69) is 30.1 Å². The first kappa shape index (κ1) is 18.1. The molecule has 1 aromatic carbocycles. The van der Waals surface area contributed by atoms with E-state index in [4.69, 9.17) is 4.74 Å². The van der Waals surface area contributed by atoms with Crippen molar-refractivity contribution in [3.8, 4) is 0 Å². The van der Waals surface area contributed by atoms with Gasteiger partial charge in [-0.25, -0.2) is 0 Å². The predicted octanol–water partition coefficient (Wildman–Crippen LogP) is 4.59. The topological polar surface area (TPSA) is 12.5 Å². The van der Waals surface area contributed by atoms with Crippen LogP contribution in [-0.4, -0.2) is 31.2 Å². The van der Waals surface area contributed by atoms with Gasteiger partial charge in [-0.1, -0.05) is 31.2 Å². The lowest BCUT2D eigenvalue weighted by atomic mass is 9.80. The van der Waals surface area contributed by atoms with E-state index in [0.29, 0.717) is 25.2 Å². The Kier molecular flexibility index (Phi) is 5.23. The maximum atomic E-state index is 13.2. The first-order chi connectivity index (χ1) is 11.9. The van der Waals surface area contributed by atoms with Crippen molar-refractivity contribution in [1.29, 1.82) is 0 Å². The molecule has 0 bridgehead atoms. The summed E-state index contributed by atoms with van der Waals surface area (Å²) in [4.78, 5) is 2.32. The normalized spacial score (nSPS) is 24.4. The Hall–Kier alpha value is -1.75. The lowest BCUT2D eigenvalue weighted by Gasteiger charge is -2.38. The highest BCUT2D eigenvalue weighted by Crippen LogP contribution is 2.36. The minimum absolute atomic E-state index is 0.185. The highest BCUT2D eigenvalue weighted by Gasteiger charge is 2.34. The third-order valence-electron chi connectivity index (χ3n) is 5.26. The van der Waals surface area contributed by atoms with Crippen molar-refractivity contribution in [3.63, 3.8) is 0 Å². The summed E-state index contributed by atoms with van der Waals surface area (Å²) < 4.78 is 45.1. The molecule has 2 unspecified atom stereocenters. The lowest BCUT2D eigenvalue weighted by Crippen LogP contribution is -2.40. The van der Waals surface area contributed by atoms with Crippen molar-refractivity contribution in [2.45, 2.75) is 26.4 Å². The van der Waals surface area contributed by atoms with Gasteiger partial charge in [0.25, 0.3) is 0 Å². The Morgan fingerprint density at radius 2 is 1.92 bits per heavy atom. The molecule has 3 rings (SSSR count). The van der Waals surface area contributed by atoms with Crippen LogP contribution in [0.1, 0.15) is 23.6 Å². The van der Waals surface area contributed by atoms with Gasteiger partial charge < -0.3 is 9.64 Å². The monoisotopic (exact) mass is 351 g/mol. The van der Waals surface area contributed by atoms with Crippen LogP contribution >= 0.6 is 0 Å². The number of hydrogen-bond acceptors (Lipinski definition) is 2. The van der Waals surface area contributed by atoms with E-state index in [9.17, 15) is 13.2 Å². The van der Waals surface area contributed by atoms with Crippen LogP contribution in [0.15, 0.2) is 42.1 Å². The molecule has 0 spiro atoms. The number of halogens is 3. The number of morpholine rings is 1. The smallest absolute Gasteiger partial charge is 0.378 e. The van der Waals surface area contributed by atoms with Gasteiger partial charge >= 0.3 is 6.18 Å². The third-order valence-corrected chi connectivity index (χ3v) is 5.26. The van der Waals surface area contributed by atoms with E-state index in [1.807, 2.05) is 6.07 Å². The van der Waals surface area contributed by atoms with Crippen LogP contribution < -0.4 is 0 Å². The molecule has 2 nitrogen and oxygen atoms in total. The molecule has 1 saturated heterocycles. The molecule has 0 aromatic heterocycles. The second-order valence-electron chi connectivity index (χ2n) is 6.83. The van der Waals surface area contributed by atoms with E-state index >= 15 is 0 Å². The highest BCUT2D eigenvalue weighted by atomic mass is 19.4. The van der Waals surface area contributed by atoms with Crippen molar-refractivity contribution in [2.24, 2.45) is 11.8 Å². The van der Waals surface area contributed by atoms with Crippen molar-refractivity contribution in [1.82, 2.24) is 4.90 Å². The minimum Gasteiger partial charge on any atom is -0.378 e. The van der Waals surface area contributed by atoms with Gasteiger partial charge in [-0.3, -0.25) is 0 Å². The van der Waals surface area contributed by atoms with Crippen molar-refractivity contribution in [2.75, 3.05) is 26.3 Å². The third kappa shape index (κ3) is 3.92. The predicted molar refractivity (Wildman–Crippen MR) is 92.2 cm³/mol. The molecule has 0 amide bonds. The zero-order valence-electron chi connectivity index (χ0n) is 14.6. The molecule has 25 heavy (non-hydrogen) atoms. The summed E-state index contributed by atoms with van der Waals surface area (Å²) in [6, 6.07) is 4.51. The van der Waals surface area contributed by atoms with Gasteiger partial charge in [0.1, 0.15) is 0 Å². The molecule has 1 aliphatic carbocycles. The van der Waals surface area contributed by atoms with E-state index < -0.39 is 11.7 Å². The molecule has 0 radical (unpaired) electrons. The van der Waals surface area contributed by atoms with E-state index in [1.54, 1.807) is 6.92 Å². The van der Waals surface area contributed by atoms with Crippen LogP contribution in [0.25, 0.3) is 0 Å². The highest BCUT2D eigenvalue weighted by molar-refractivity contribution is 5.37. The average Bonchev–Trinajstić information content (AvgIpc) is 2.58. The minimum atomic E-state index is -4.30. The molecule has 2 aliphatic rings. The molecule has 1 aromatic rings. The summed E-state index contributed by atoms with van der Waals surface area (Å²) in [6.45, 7) is 6.79. The molecular weight excluding hydrogens is 327 g/mol.